The van der Waals surface area contributed by atoms with E-state index >= 15 is 0 Å². The van der Waals surface area contributed by atoms with E-state index in [0.717, 1.165) is 22.0 Å². The van der Waals surface area contributed by atoms with Crippen LogP contribution in [0.25, 0.3) is 0 Å². The number of aromatic nitrogens is 1. The number of nitrogens with zero attached hydrogens (tertiary/aromatic N) is 1. The molecular formula is C17H22N2O2S. The highest BCUT2D eigenvalue weighted by molar-refractivity contribution is 7.09. The molecule has 1 aromatic heterocycles. The lowest BCUT2D eigenvalue weighted by atomic mass is 10.0. The van der Waals surface area contributed by atoms with E-state index in [1.165, 1.54) is 0 Å². The zero-order chi connectivity index (χ0) is 16.1. The monoisotopic (exact) mass is 318 g/mol. The normalized spacial score (nSPS) is 12.2. The first-order valence-electron chi connectivity index (χ1n) is 7.41. The van der Waals surface area contributed by atoms with E-state index in [4.69, 9.17) is 4.74 Å². The molecule has 5 heteroatoms. The maximum Gasteiger partial charge on any atom is 0.261 e. The summed E-state index contributed by atoms with van der Waals surface area (Å²) in [6, 6.07) is 7.84. The molecule has 0 aliphatic rings. The molecule has 0 saturated carbocycles. The first kappa shape index (κ1) is 16.5. The van der Waals surface area contributed by atoms with Gasteiger partial charge in [0.05, 0.1) is 17.2 Å². The van der Waals surface area contributed by atoms with Gasteiger partial charge in [-0.15, -0.1) is 11.3 Å². The fourth-order valence-corrected chi connectivity index (χ4v) is 2.73. The topological polar surface area (TPSA) is 51.2 Å². The summed E-state index contributed by atoms with van der Waals surface area (Å²) in [5.41, 5.74) is 1.99. The van der Waals surface area contributed by atoms with Crippen molar-refractivity contribution in [2.24, 2.45) is 0 Å². The zero-order valence-corrected chi connectivity index (χ0v) is 14.2. The highest BCUT2D eigenvalue weighted by Gasteiger charge is 2.17. The summed E-state index contributed by atoms with van der Waals surface area (Å²) in [6.45, 7) is 8.36. The first-order valence-corrected chi connectivity index (χ1v) is 8.29. The lowest BCUT2D eigenvalue weighted by Gasteiger charge is -2.18. The van der Waals surface area contributed by atoms with E-state index < -0.39 is 6.10 Å². The van der Waals surface area contributed by atoms with Gasteiger partial charge in [0.2, 0.25) is 0 Å². The Morgan fingerprint density at radius 3 is 2.68 bits per heavy atom. The van der Waals surface area contributed by atoms with Crippen molar-refractivity contribution < 1.29 is 9.53 Å². The molecule has 2 aromatic rings. The summed E-state index contributed by atoms with van der Waals surface area (Å²) >= 11 is 1.58. The van der Waals surface area contributed by atoms with Gasteiger partial charge < -0.3 is 10.1 Å². The van der Waals surface area contributed by atoms with Crippen LogP contribution in [0.15, 0.2) is 29.6 Å². The minimum absolute atomic E-state index is 0.135. The Hall–Kier alpha value is -1.88. The number of rotatable bonds is 6. The molecule has 0 fully saturated rings. The molecule has 1 aromatic carbocycles. The van der Waals surface area contributed by atoms with E-state index in [9.17, 15) is 4.79 Å². The van der Waals surface area contributed by atoms with Crippen LogP contribution in [0.5, 0.6) is 5.75 Å². The molecule has 1 atom stereocenters. The summed E-state index contributed by atoms with van der Waals surface area (Å²) in [7, 11) is 0. The van der Waals surface area contributed by atoms with Crippen LogP contribution in [-0.4, -0.2) is 17.0 Å². The fourth-order valence-electron chi connectivity index (χ4n) is 2.12. The number of hydrogen-bond donors (Lipinski definition) is 1. The Kier molecular flexibility index (Phi) is 5.55. The average molecular weight is 318 g/mol. The summed E-state index contributed by atoms with van der Waals surface area (Å²) in [5.74, 6) is 0.985. The summed E-state index contributed by atoms with van der Waals surface area (Å²) in [5, 5.41) is 5.81. The molecule has 0 aliphatic carbocycles. The van der Waals surface area contributed by atoms with Crippen molar-refractivity contribution in [2.45, 2.75) is 46.3 Å². The molecule has 0 aliphatic heterocycles. The Bertz CT molecular complexity index is 637. The molecule has 1 N–H and O–H groups in total. The molecule has 118 valence electrons. The SMILES string of the molecule is Cc1nc(CNC(=O)C(C)Oc2ccccc2C(C)C)cs1. The highest BCUT2D eigenvalue weighted by atomic mass is 32.1. The predicted molar refractivity (Wildman–Crippen MR) is 89.3 cm³/mol. The van der Waals surface area contributed by atoms with Gasteiger partial charge in [0, 0.05) is 5.38 Å². The Balaban J connectivity index is 1.94. The molecule has 1 amide bonds. The van der Waals surface area contributed by atoms with Gasteiger partial charge in [-0.3, -0.25) is 4.79 Å². The van der Waals surface area contributed by atoms with Crippen molar-refractivity contribution in [1.29, 1.82) is 0 Å². The summed E-state index contributed by atoms with van der Waals surface area (Å²) in [4.78, 5) is 16.5. The van der Waals surface area contributed by atoms with Crippen LogP contribution in [-0.2, 0) is 11.3 Å². The molecule has 0 spiro atoms. The van der Waals surface area contributed by atoms with Crippen LogP contribution in [0, 0.1) is 6.92 Å². The van der Waals surface area contributed by atoms with Gasteiger partial charge in [0.1, 0.15) is 5.75 Å². The van der Waals surface area contributed by atoms with Crippen LogP contribution in [0.4, 0.5) is 0 Å². The number of thiazole rings is 1. The van der Waals surface area contributed by atoms with Crippen LogP contribution in [0.2, 0.25) is 0 Å². The van der Waals surface area contributed by atoms with E-state index in [-0.39, 0.29) is 5.91 Å². The van der Waals surface area contributed by atoms with Crippen LogP contribution >= 0.6 is 11.3 Å². The summed E-state index contributed by atoms with van der Waals surface area (Å²) < 4.78 is 5.83. The molecule has 4 nitrogen and oxygen atoms in total. The first-order chi connectivity index (χ1) is 10.5. The predicted octanol–water partition coefficient (Wildman–Crippen LogP) is 3.66. The molecule has 0 radical (unpaired) electrons. The Labute approximate surface area is 135 Å². The number of hydrogen-bond acceptors (Lipinski definition) is 4. The maximum absolute atomic E-state index is 12.1. The fraction of sp³-hybridized carbons (Fsp3) is 0.412. The standard InChI is InChI=1S/C17H22N2O2S/c1-11(2)15-7-5-6-8-16(15)21-12(3)17(20)18-9-14-10-22-13(4)19-14/h5-8,10-12H,9H2,1-4H3,(H,18,20). The largest absolute Gasteiger partial charge is 0.481 e. The van der Waals surface area contributed by atoms with E-state index in [1.807, 2.05) is 36.6 Å². The molecule has 0 bridgehead atoms. The second kappa shape index (κ2) is 7.40. The van der Waals surface area contributed by atoms with Crippen LogP contribution < -0.4 is 10.1 Å². The molecule has 22 heavy (non-hydrogen) atoms. The molecule has 1 unspecified atom stereocenters. The van der Waals surface area contributed by atoms with Gasteiger partial charge in [-0.05, 0) is 31.4 Å². The van der Waals surface area contributed by atoms with Crippen molar-refractivity contribution in [3.05, 3.63) is 45.9 Å². The van der Waals surface area contributed by atoms with E-state index in [0.29, 0.717) is 12.5 Å². The quantitative estimate of drug-likeness (QED) is 0.884. The van der Waals surface area contributed by atoms with Gasteiger partial charge in [-0.1, -0.05) is 32.0 Å². The number of carbonyl (C=O) groups is 1. The number of nitrogens with one attached hydrogen (secondary N) is 1. The molecule has 0 saturated heterocycles. The number of carbonyl (C=O) groups excluding carboxylic acids is 1. The van der Waals surface area contributed by atoms with Gasteiger partial charge >= 0.3 is 0 Å². The van der Waals surface area contributed by atoms with Crippen molar-refractivity contribution >= 4 is 17.2 Å². The molecular weight excluding hydrogens is 296 g/mol. The summed E-state index contributed by atoms with van der Waals surface area (Å²) in [6.07, 6.45) is -0.542. The van der Waals surface area contributed by atoms with Crippen LogP contribution in [0.3, 0.4) is 0 Å². The van der Waals surface area contributed by atoms with Gasteiger partial charge in [-0.2, -0.15) is 0 Å². The second-order valence-corrected chi connectivity index (χ2v) is 6.59. The smallest absolute Gasteiger partial charge is 0.261 e. The third kappa shape index (κ3) is 4.31. The third-order valence-electron chi connectivity index (χ3n) is 3.32. The Morgan fingerprint density at radius 2 is 2.05 bits per heavy atom. The molecule has 2 rings (SSSR count). The van der Waals surface area contributed by atoms with Crippen molar-refractivity contribution in [3.63, 3.8) is 0 Å². The van der Waals surface area contributed by atoms with Gasteiger partial charge in [-0.25, -0.2) is 4.98 Å². The number of ether oxygens (including phenoxy) is 1. The number of amides is 1. The minimum Gasteiger partial charge on any atom is -0.481 e. The minimum atomic E-state index is -0.542. The average Bonchev–Trinajstić information content (AvgIpc) is 2.90. The third-order valence-corrected chi connectivity index (χ3v) is 4.15. The Morgan fingerprint density at radius 1 is 1.32 bits per heavy atom. The van der Waals surface area contributed by atoms with Crippen molar-refractivity contribution in [1.82, 2.24) is 10.3 Å². The maximum atomic E-state index is 12.1. The van der Waals surface area contributed by atoms with Crippen molar-refractivity contribution in [3.8, 4) is 5.75 Å². The lowest BCUT2D eigenvalue weighted by molar-refractivity contribution is -0.127. The van der Waals surface area contributed by atoms with Gasteiger partial charge in [0.15, 0.2) is 6.10 Å². The number of aryl methyl sites for hydroxylation is 1. The van der Waals surface area contributed by atoms with Gasteiger partial charge in [0.25, 0.3) is 5.91 Å². The van der Waals surface area contributed by atoms with Crippen molar-refractivity contribution in [2.75, 3.05) is 0 Å². The van der Waals surface area contributed by atoms with Crippen LogP contribution in [0.1, 0.15) is 43.0 Å². The number of benzene rings is 1. The van der Waals surface area contributed by atoms with E-state index in [1.54, 1.807) is 18.3 Å². The second-order valence-electron chi connectivity index (χ2n) is 5.53. The zero-order valence-electron chi connectivity index (χ0n) is 13.4. The van der Waals surface area contributed by atoms with E-state index in [2.05, 4.69) is 24.1 Å². The highest BCUT2D eigenvalue weighted by Crippen LogP contribution is 2.26. The number of para-hydroxylation sites is 1. The lowest BCUT2D eigenvalue weighted by Crippen LogP contribution is -2.36. The molecule has 1 heterocycles.